The molecule has 0 atom stereocenters. The minimum atomic E-state index is 1.17. The summed E-state index contributed by atoms with van der Waals surface area (Å²) in [5.74, 6) is 0. The number of hydrogen-bond acceptors (Lipinski definition) is 0. The van der Waals surface area contributed by atoms with E-state index in [2.05, 4.69) is 169 Å². The van der Waals surface area contributed by atoms with Crippen LogP contribution in [-0.2, 0) is 0 Å². The van der Waals surface area contributed by atoms with Gasteiger partial charge in [-0.05, 0) is 103 Å². The van der Waals surface area contributed by atoms with E-state index >= 15 is 0 Å². The van der Waals surface area contributed by atoms with Gasteiger partial charge in [0, 0.05) is 16.5 Å². The Morgan fingerprint density at radius 1 is 0.370 bits per heavy atom. The van der Waals surface area contributed by atoms with Crippen molar-refractivity contribution in [3.63, 3.8) is 0 Å². The number of aromatic nitrogens is 1. The summed E-state index contributed by atoms with van der Waals surface area (Å²) in [6, 6.07) is 58.5. The van der Waals surface area contributed by atoms with Gasteiger partial charge in [-0.15, -0.1) is 0 Å². The molecule has 214 valence electrons. The molecule has 0 aliphatic carbocycles. The van der Waals surface area contributed by atoms with E-state index in [4.69, 9.17) is 0 Å². The monoisotopic (exact) mass is 583 g/mol. The predicted molar refractivity (Wildman–Crippen MR) is 198 cm³/mol. The van der Waals surface area contributed by atoms with Crippen molar-refractivity contribution in [1.29, 1.82) is 0 Å². The molecule has 0 aliphatic rings. The molecule has 0 aliphatic heterocycles. The zero-order chi connectivity index (χ0) is 30.4. The van der Waals surface area contributed by atoms with Gasteiger partial charge in [-0.25, -0.2) is 0 Å². The summed E-state index contributed by atoms with van der Waals surface area (Å²) in [5, 5.41) is 13.0. The molecule has 1 nitrogen and oxygen atoms in total. The van der Waals surface area contributed by atoms with E-state index < -0.39 is 0 Å². The van der Waals surface area contributed by atoms with Crippen molar-refractivity contribution in [3.8, 4) is 27.9 Å². The first-order valence-corrected chi connectivity index (χ1v) is 16.0. The van der Waals surface area contributed by atoms with Crippen LogP contribution in [0.2, 0.25) is 0 Å². The van der Waals surface area contributed by atoms with Crippen LogP contribution in [0.5, 0.6) is 0 Å². The first-order chi connectivity index (χ1) is 22.7. The number of hydrogen-bond donors (Lipinski definition) is 0. The van der Waals surface area contributed by atoms with Crippen molar-refractivity contribution in [2.24, 2.45) is 0 Å². The molecule has 1 aromatic heterocycles. The molecule has 0 N–H and O–H groups in total. The molecule has 1 heterocycles. The summed E-state index contributed by atoms with van der Waals surface area (Å²) >= 11 is 0. The predicted octanol–water partition coefficient (Wildman–Crippen LogP) is 12.5. The van der Waals surface area contributed by atoms with Crippen LogP contribution in [-0.4, -0.2) is 4.57 Å². The number of rotatable bonds is 3. The number of aryl methyl sites for hydroxylation is 1. The topological polar surface area (TPSA) is 4.93 Å². The lowest BCUT2D eigenvalue weighted by Gasteiger charge is -2.17. The SMILES string of the molecule is Cc1ccc(-c2ccc3ccc4c(-c5ccc(-n6c7ccccc7c7cc8ccccc8cc76)cc5)ccc5ccc2c3c54)cc1. The zero-order valence-corrected chi connectivity index (χ0v) is 25.5. The maximum atomic E-state index is 2.41. The highest BCUT2D eigenvalue weighted by molar-refractivity contribution is 6.27. The lowest BCUT2D eigenvalue weighted by Crippen LogP contribution is -1.94. The molecule has 0 radical (unpaired) electrons. The highest BCUT2D eigenvalue weighted by Gasteiger charge is 2.16. The highest BCUT2D eigenvalue weighted by atomic mass is 15.0. The summed E-state index contributed by atoms with van der Waals surface area (Å²) in [7, 11) is 0. The Morgan fingerprint density at radius 2 is 0.913 bits per heavy atom. The summed E-state index contributed by atoms with van der Waals surface area (Å²) < 4.78 is 2.41. The van der Waals surface area contributed by atoms with Crippen molar-refractivity contribution in [3.05, 3.63) is 163 Å². The van der Waals surface area contributed by atoms with Crippen LogP contribution in [0, 0.1) is 6.92 Å². The average molecular weight is 584 g/mol. The van der Waals surface area contributed by atoms with E-state index in [1.165, 1.54) is 98.4 Å². The van der Waals surface area contributed by atoms with E-state index in [0.29, 0.717) is 0 Å². The summed E-state index contributed by atoms with van der Waals surface area (Å²) in [5.41, 5.74) is 9.96. The van der Waals surface area contributed by atoms with E-state index in [9.17, 15) is 0 Å². The van der Waals surface area contributed by atoms with Crippen LogP contribution in [0.15, 0.2) is 158 Å². The minimum absolute atomic E-state index is 1.17. The van der Waals surface area contributed by atoms with E-state index in [1.54, 1.807) is 0 Å². The molecule has 0 unspecified atom stereocenters. The number of benzene rings is 9. The molecule has 0 amide bonds. The summed E-state index contributed by atoms with van der Waals surface area (Å²) in [6.45, 7) is 2.15. The van der Waals surface area contributed by atoms with Crippen molar-refractivity contribution in [1.82, 2.24) is 4.57 Å². The maximum Gasteiger partial charge on any atom is 0.0547 e. The third-order valence-electron chi connectivity index (χ3n) is 10.0. The Balaban J connectivity index is 1.15. The molecule has 10 rings (SSSR count). The summed E-state index contributed by atoms with van der Waals surface area (Å²) in [6.07, 6.45) is 0. The quantitative estimate of drug-likeness (QED) is 0.182. The van der Waals surface area contributed by atoms with Gasteiger partial charge < -0.3 is 4.57 Å². The average Bonchev–Trinajstić information content (AvgIpc) is 3.43. The molecule has 1 heteroatoms. The molecule has 9 aromatic carbocycles. The maximum absolute atomic E-state index is 2.41. The molecule has 46 heavy (non-hydrogen) atoms. The van der Waals surface area contributed by atoms with Gasteiger partial charge in [0.1, 0.15) is 0 Å². The molecule has 0 spiro atoms. The molecule has 0 bridgehead atoms. The van der Waals surface area contributed by atoms with Gasteiger partial charge in [0.05, 0.1) is 11.0 Å². The Kier molecular flexibility index (Phi) is 5.27. The fourth-order valence-corrected chi connectivity index (χ4v) is 7.76. The number of nitrogens with zero attached hydrogens (tertiary/aromatic N) is 1. The summed E-state index contributed by atoms with van der Waals surface area (Å²) in [4.78, 5) is 0. The second kappa shape index (κ2) is 9.54. The molecular formula is C45H29N. The largest absolute Gasteiger partial charge is 0.309 e. The van der Waals surface area contributed by atoms with Gasteiger partial charge >= 0.3 is 0 Å². The highest BCUT2D eigenvalue weighted by Crippen LogP contribution is 2.43. The van der Waals surface area contributed by atoms with Crippen LogP contribution >= 0.6 is 0 Å². The Labute approximate surface area is 266 Å². The Hall–Kier alpha value is -5.92. The molecule has 0 saturated heterocycles. The van der Waals surface area contributed by atoms with E-state index in [1.807, 2.05) is 0 Å². The van der Waals surface area contributed by atoms with Crippen molar-refractivity contribution in [2.75, 3.05) is 0 Å². The van der Waals surface area contributed by atoms with Crippen LogP contribution in [0.25, 0.3) is 92.8 Å². The molecular weight excluding hydrogens is 555 g/mol. The third kappa shape index (κ3) is 3.63. The van der Waals surface area contributed by atoms with Gasteiger partial charge in [-0.2, -0.15) is 0 Å². The van der Waals surface area contributed by atoms with Gasteiger partial charge in [0.2, 0.25) is 0 Å². The second-order valence-corrected chi connectivity index (χ2v) is 12.6. The van der Waals surface area contributed by atoms with Crippen molar-refractivity contribution < 1.29 is 0 Å². The van der Waals surface area contributed by atoms with Crippen LogP contribution in [0.3, 0.4) is 0 Å². The first kappa shape index (κ1) is 25.4. The van der Waals surface area contributed by atoms with E-state index in [-0.39, 0.29) is 0 Å². The van der Waals surface area contributed by atoms with Crippen LogP contribution < -0.4 is 0 Å². The van der Waals surface area contributed by atoms with Crippen molar-refractivity contribution in [2.45, 2.75) is 6.92 Å². The van der Waals surface area contributed by atoms with Gasteiger partial charge in [0.15, 0.2) is 0 Å². The smallest absolute Gasteiger partial charge is 0.0547 e. The second-order valence-electron chi connectivity index (χ2n) is 12.6. The van der Waals surface area contributed by atoms with Gasteiger partial charge in [-0.1, -0.05) is 133 Å². The Morgan fingerprint density at radius 3 is 1.57 bits per heavy atom. The minimum Gasteiger partial charge on any atom is -0.309 e. The normalized spacial score (nSPS) is 12.0. The lowest BCUT2D eigenvalue weighted by molar-refractivity contribution is 1.18. The molecule has 0 fully saturated rings. The number of para-hydroxylation sites is 1. The third-order valence-corrected chi connectivity index (χ3v) is 10.0. The fourth-order valence-electron chi connectivity index (χ4n) is 7.76. The first-order valence-electron chi connectivity index (χ1n) is 16.0. The number of fused-ring (bicyclic) bond motifs is 4. The van der Waals surface area contributed by atoms with Gasteiger partial charge in [-0.3, -0.25) is 0 Å². The van der Waals surface area contributed by atoms with Crippen molar-refractivity contribution >= 4 is 64.9 Å². The fraction of sp³-hybridized carbons (Fsp3) is 0.0222. The zero-order valence-electron chi connectivity index (χ0n) is 25.5. The molecule has 0 saturated carbocycles. The Bertz CT molecular complexity index is 2780. The van der Waals surface area contributed by atoms with Crippen LogP contribution in [0.4, 0.5) is 0 Å². The van der Waals surface area contributed by atoms with E-state index in [0.717, 1.165) is 0 Å². The van der Waals surface area contributed by atoms with Gasteiger partial charge in [0.25, 0.3) is 0 Å². The standard InChI is InChI=1S/C45H29N/c1-28-10-12-29(13-11-28)36-22-16-31-19-25-40-37(23-17-32-18-24-39(36)44(31)45(32)40)30-14-20-35(21-15-30)46-42-9-5-4-8-38(42)41-26-33-6-2-3-7-34(33)27-43(41)46/h2-27H,1H3. The van der Waals surface area contributed by atoms with Crippen LogP contribution in [0.1, 0.15) is 5.56 Å². The molecule has 10 aromatic rings. The lowest BCUT2D eigenvalue weighted by atomic mass is 9.87.